The maximum absolute atomic E-state index is 12.8. The van der Waals surface area contributed by atoms with Gasteiger partial charge in [0.05, 0.1) is 11.3 Å². The first-order valence-electron chi connectivity index (χ1n) is 11.1. The van der Waals surface area contributed by atoms with Gasteiger partial charge in [0.25, 0.3) is 11.8 Å². The van der Waals surface area contributed by atoms with E-state index < -0.39 is 0 Å². The van der Waals surface area contributed by atoms with E-state index in [4.69, 9.17) is 4.74 Å². The maximum atomic E-state index is 12.8. The number of ether oxygens (including phenoxy) is 1. The van der Waals surface area contributed by atoms with E-state index >= 15 is 0 Å². The summed E-state index contributed by atoms with van der Waals surface area (Å²) in [6, 6.07) is 16.2. The molecule has 1 fully saturated rings. The number of anilines is 1. The van der Waals surface area contributed by atoms with Gasteiger partial charge in [-0.15, -0.1) is 0 Å². The normalized spacial score (nSPS) is 14.2. The third kappa shape index (κ3) is 6.57. The van der Waals surface area contributed by atoms with Crippen LogP contribution in [0.1, 0.15) is 37.0 Å². The quantitative estimate of drug-likeness (QED) is 0.663. The predicted octanol–water partition coefficient (Wildman–Crippen LogP) is 3.33. The molecular formula is C25H31N3O4. The fourth-order valence-electron chi connectivity index (χ4n) is 3.56. The largest absolute Gasteiger partial charge is 0.484 e. The van der Waals surface area contributed by atoms with E-state index in [0.29, 0.717) is 55.4 Å². The van der Waals surface area contributed by atoms with Gasteiger partial charge in [-0.25, -0.2) is 0 Å². The molecule has 32 heavy (non-hydrogen) atoms. The zero-order chi connectivity index (χ0) is 22.9. The van der Waals surface area contributed by atoms with Crippen LogP contribution < -0.4 is 15.4 Å². The highest BCUT2D eigenvalue weighted by molar-refractivity contribution is 6.04. The van der Waals surface area contributed by atoms with Gasteiger partial charge in [0.2, 0.25) is 5.91 Å². The Morgan fingerprint density at radius 1 is 1.00 bits per heavy atom. The average molecular weight is 438 g/mol. The van der Waals surface area contributed by atoms with Crippen molar-refractivity contribution in [3.63, 3.8) is 0 Å². The lowest BCUT2D eigenvalue weighted by molar-refractivity contribution is -0.136. The van der Waals surface area contributed by atoms with Crippen molar-refractivity contribution in [3.8, 4) is 5.75 Å². The number of amides is 3. The molecule has 1 saturated heterocycles. The van der Waals surface area contributed by atoms with E-state index in [1.807, 2.05) is 44.2 Å². The molecule has 2 N–H and O–H groups in total. The molecule has 170 valence electrons. The molecule has 0 saturated carbocycles. The topological polar surface area (TPSA) is 87.7 Å². The van der Waals surface area contributed by atoms with Crippen LogP contribution in [0.2, 0.25) is 0 Å². The zero-order valence-corrected chi connectivity index (χ0v) is 18.7. The van der Waals surface area contributed by atoms with Gasteiger partial charge in [-0.3, -0.25) is 14.4 Å². The smallest absolute Gasteiger partial charge is 0.260 e. The molecule has 0 aromatic heterocycles. The number of carbonyl (C=O) groups is 3. The fraction of sp³-hybridized carbons (Fsp3) is 0.400. The van der Waals surface area contributed by atoms with E-state index in [-0.39, 0.29) is 30.2 Å². The second kappa shape index (κ2) is 11.3. The molecule has 0 bridgehead atoms. The maximum Gasteiger partial charge on any atom is 0.260 e. The van der Waals surface area contributed by atoms with Crippen LogP contribution >= 0.6 is 0 Å². The van der Waals surface area contributed by atoms with Gasteiger partial charge in [-0.2, -0.15) is 0 Å². The summed E-state index contributed by atoms with van der Waals surface area (Å²) in [4.78, 5) is 39.5. The highest BCUT2D eigenvalue weighted by Gasteiger charge is 2.28. The second-order valence-corrected chi connectivity index (χ2v) is 8.40. The van der Waals surface area contributed by atoms with Crippen molar-refractivity contribution in [1.29, 1.82) is 0 Å². The summed E-state index contributed by atoms with van der Waals surface area (Å²) < 4.78 is 5.54. The summed E-state index contributed by atoms with van der Waals surface area (Å²) in [5.41, 5.74) is 0.959. The number of carbonyl (C=O) groups excluding carboxylic acids is 3. The first-order chi connectivity index (χ1) is 15.4. The van der Waals surface area contributed by atoms with Crippen LogP contribution in [0.3, 0.4) is 0 Å². The molecule has 2 aromatic rings. The van der Waals surface area contributed by atoms with Crippen LogP contribution in [0.5, 0.6) is 5.75 Å². The molecule has 0 radical (unpaired) electrons. The summed E-state index contributed by atoms with van der Waals surface area (Å²) in [6.45, 7) is 5.62. The van der Waals surface area contributed by atoms with Gasteiger partial charge in [0.1, 0.15) is 5.75 Å². The Labute approximate surface area is 189 Å². The number of piperidine rings is 1. The molecule has 3 rings (SSSR count). The van der Waals surface area contributed by atoms with Crippen LogP contribution in [0.15, 0.2) is 54.6 Å². The Morgan fingerprint density at radius 3 is 2.34 bits per heavy atom. The molecule has 0 spiro atoms. The second-order valence-electron chi connectivity index (χ2n) is 8.40. The van der Waals surface area contributed by atoms with Crippen molar-refractivity contribution in [2.75, 3.05) is 31.6 Å². The molecule has 7 heteroatoms. The van der Waals surface area contributed by atoms with Crippen molar-refractivity contribution in [1.82, 2.24) is 10.2 Å². The van der Waals surface area contributed by atoms with Gasteiger partial charge in [0, 0.05) is 25.6 Å². The Morgan fingerprint density at radius 2 is 1.66 bits per heavy atom. The molecule has 3 amide bonds. The minimum absolute atomic E-state index is 0.0141. The Balaban J connectivity index is 1.49. The molecular weight excluding hydrogens is 406 g/mol. The van der Waals surface area contributed by atoms with E-state index in [9.17, 15) is 14.4 Å². The van der Waals surface area contributed by atoms with Crippen molar-refractivity contribution in [2.24, 2.45) is 11.8 Å². The molecule has 0 unspecified atom stereocenters. The van der Waals surface area contributed by atoms with Crippen molar-refractivity contribution in [2.45, 2.75) is 26.7 Å². The third-order valence-corrected chi connectivity index (χ3v) is 5.42. The molecule has 1 aliphatic rings. The minimum atomic E-state index is -0.208. The first kappa shape index (κ1) is 23.3. The van der Waals surface area contributed by atoms with Crippen LogP contribution in [-0.2, 0) is 9.59 Å². The number of nitrogens with one attached hydrogen (secondary N) is 2. The average Bonchev–Trinajstić information content (AvgIpc) is 2.82. The van der Waals surface area contributed by atoms with Crippen molar-refractivity contribution in [3.05, 3.63) is 60.2 Å². The minimum Gasteiger partial charge on any atom is -0.484 e. The molecule has 1 aliphatic heterocycles. The monoisotopic (exact) mass is 437 g/mol. The molecule has 7 nitrogen and oxygen atoms in total. The highest BCUT2D eigenvalue weighted by atomic mass is 16.5. The van der Waals surface area contributed by atoms with E-state index in [1.165, 1.54) is 0 Å². The number of para-hydroxylation sites is 2. The third-order valence-electron chi connectivity index (χ3n) is 5.42. The molecule has 1 heterocycles. The Kier molecular flexibility index (Phi) is 8.25. The van der Waals surface area contributed by atoms with Gasteiger partial charge in [-0.1, -0.05) is 44.2 Å². The Bertz CT molecular complexity index is 922. The van der Waals surface area contributed by atoms with Gasteiger partial charge < -0.3 is 20.3 Å². The van der Waals surface area contributed by atoms with Crippen LogP contribution in [-0.4, -0.2) is 48.9 Å². The lowest BCUT2D eigenvalue weighted by atomic mass is 9.95. The van der Waals surface area contributed by atoms with E-state index in [0.717, 1.165) is 0 Å². The summed E-state index contributed by atoms with van der Waals surface area (Å²) >= 11 is 0. The van der Waals surface area contributed by atoms with Gasteiger partial charge in [0.15, 0.2) is 6.61 Å². The SMILES string of the molecule is CC(C)CNC(=O)c1ccccc1NC(=O)C1CCN(C(=O)COc2ccccc2)CC1. The summed E-state index contributed by atoms with van der Waals surface area (Å²) in [7, 11) is 0. The highest BCUT2D eigenvalue weighted by Crippen LogP contribution is 2.22. The predicted molar refractivity (Wildman–Crippen MR) is 123 cm³/mol. The lowest BCUT2D eigenvalue weighted by Gasteiger charge is -2.31. The molecule has 0 aliphatic carbocycles. The summed E-state index contributed by atoms with van der Waals surface area (Å²) in [6.07, 6.45) is 1.15. The number of hydrogen-bond acceptors (Lipinski definition) is 4. The lowest BCUT2D eigenvalue weighted by Crippen LogP contribution is -2.43. The summed E-state index contributed by atoms with van der Waals surface area (Å²) in [5.74, 6) is 0.383. The van der Waals surface area contributed by atoms with Crippen molar-refractivity contribution >= 4 is 23.4 Å². The van der Waals surface area contributed by atoms with E-state index in [1.54, 1.807) is 29.2 Å². The number of rotatable bonds is 8. The van der Waals surface area contributed by atoms with Crippen LogP contribution in [0, 0.1) is 11.8 Å². The van der Waals surface area contributed by atoms with Crippen molar-refractivity contribution < 1.29 is 19.1 Å². The van der Waals surface area contributed by atoms with Crippen LogP contribution in [0.4, 0.5) is 5.69 Å². The van der Waals surface area contributed by atoms with Crippen LogP contribution in [0.25, 0.3) is 0 Å². The molecule has 0 atom stereocenters. The number of nitrogens with zero attached hydrogens (tertiary/aromatic N) is 1. The number of benzene rings is 2. The number of likely N-dealkylation sites (tertiary alicyclic amines) is 1. The Hall–Kier alpha value is -3.35. The fourth-order valence-corrected chi connectivity index (χ4v) is 3.56. The standard InChI is InChI=1S/C25H31N3O4/c1-18(2)16-26-25(31)21-10-6-7-11-22(21)27-24(30)19-12-14-28(15-13-19)23(29)17-32-20-8-4-3-5-9-20/h3-11,18-19H,12-17H2,1-2H3,(H,26,31)(H,27,30). The molecule has 2 aromatic carbocycles. The van der Waals surface area contributed by atoms with Gasteiger partial charge in [-0.05, 0) is 43.0 Å². The zero-order valence-electron chi connectivity index (χ0n) is 18.7. The van der Waals surface area contributed by atoms with E-state index in [2.05, 4.69) is 10.6 Å². The summed E-state index contributed by atoms with van der Waals surface area (Å²) in [5, 5.41) is 5.80. The number of hydrogen-bond donors (Lipinski definition) is 2. The van der Waals surface area contributed by atoms with Gasteiger partial charge >= 0.3 is 0 Å². The first-order valence-corrected chi connectivity index (χ1v) is 11.1.